The largest absolute Gasteiger partial charge is 0.372 e. The van der Waals surface area contributed by atoms with Gasteiger partial charge in [-0.15, -0.1) is 0 Å². The first-order chi connectivity index (χ1) is 9.34. The summed E-state index contributed by atoms with van der Waals surface area (Å²) in [6.07, 6.45) is 1.55. The van der Waals surface area contributed by atoms with E-state index in [-0.39, 0.29) is 12.1 Å². The fraction of sp³-hybridized carbons (Fsp3) is 0.600. The molecule has 0 bridgehead atoms. The van der Waals surface area contributed by atoms with Gasteiger partial charge in [0.2, 0.25) is 6.36 Å². The summed E-state index contributed by atoms with van der Waals surface area (Å²) in [7, 11) is 0. The van der Waals surface area contributed by atoms with E-state index in [0.29, 0.717) is 13.2 Å². The van der Waals surface area contributed by atoms with Gasteiger partial charge in [-0.25, -0.2) is 4.39 Å². The number of ether oxygens (including phenoxy) is 2. The third kappa shape index (κ3) is 2.96. The molecule has 1 saturated heterocycles. The SMILES string of the molecule is FC1OCCCC1NCC1OCCc2ccccc21. The molecule has 1 fully saturated rings. The molecule has 2 aliphatic heterocycles. The molecule has 4 heteroatoms. The molecule has 2 heterocycles. The van der Waals surface area contributed by atoms with Crippen LogP contribution in [0.1, 0.15) is 30.1 Å². The van der Waals surface area contributed by atoms with Crippen LogP contribution in [0.15, 0.2) is 24.3 Å². The number of benzene rings is 1. The molecule has 3 rings (SSSR count). The number of hydrogen-bond donors (Lipinski definition) is 1. The number of nitrogens with one attached hydrogen (secondary N) is 1. The second-order valence-electron chi connectivity index (χ2n) is 5.19. The van der Waals surface area contributed by atoms with Crippen molar-refractivity contribution in [2.45, 2.75) is 37.8 Å². The van der Waals surface area contributed by atoms with Crippen molar-refractivity contribution in [2.24, 2.45) is 0 Å². The molecule has 0 spiro atoms. The zero-order valence-corrected chi connectivity index (χ0v) is 11.0. The van der Waals surface area contributed by atoms with Gasteiger partial charge >= 0.3 is 0 Å². The Morgan fingerprint density at radius 1 is 1.21 bits per heavy atom. The normalized spacial score (nSPS) is 30.9. The molecule has 3 atom stereocenters. The summed E-state index contributed by atoms with van der Waals surface area (Å²) in [5.41, 5.74) is 2.57. The molecule has 0 aromatic heterocycles. The second-order valence-corrected chi connectivity index (χ2v) is 5.19. The van der Waals surface area contributed by atoms with Crippen LogP contribution in [-0.4, -0.2) is 32.2 Å². The standard InChI is InChI=1S/C15H20FNO2/c16-15-13(6-3-8-19-15)17-10-14-12-5-2-1-4-11(12)7-9-18-14/h1-2,4-5,13-15,17H,3,6-10H2. The fourth-order valence-electron chi connectivity index (χ4n) is 2.85. The highest BCUT2D eigenvalue weighted by Crippen LogP contribution is 2.26. The molecule has 104 valence electrons. The summed E-state index contributed by atoms with van der Waals surface area (Å²) in [5, 5.41) is 3.26. The number of fused-ring (bicyclic) bond motifs is 1. The molecule has 3 unspecified atom stereocenters. The van der Waals surface area contributed by atoms with Gasteiger partial charge in [-0.1, -0.05) is 24.3 Å². The van der Waals surface area contributed by atoms with Gasteiger partial charge in [-0.2, -0.15) is 0 Å². The lowest BCUT2D eigenvalue weighted by molar-refractivity contribution is -0.0921. The summed E-state index contributed by atoms with van der Waals surface area (Å²) in [6.45, 7) is 1.91. The highest BCUT2D eigenvalue weighted by Gasteiger charge is 2.27. The second kappa shape index (κ2) is 5.99. The van der Waals surface area contributed by atoms with Gasteiger partial charge in [0, 0.05) is 6.54 Å². The molecular formula is C15H20FNO2. The van der Waals surface area contributed by atoms with Crippen molar-refractivity contribution in [3.8, 4) is 0 Å². The minimum Gasteiger partial charge on any atom is -0.372 e. The Morgan fingerprint density at radius 2 is 2.11 bits per heavy atom. The van der Waals surface area contributed by atoms with Crippen molar-refractivity contribution in [1.82, 2.24) is 5.32 Å². The van der Waals surface area contributed by atoms with Crippen molar-refractivity contribution in [3.05, 3.63) is 35.4 Å². The van der Waals surface area contributed by atoms with E-state index in [4.69, 9.17) is 9.47 Å². The Balaban J connectivity index is 1.61. The van der Waals surface area contributed by atoms with Crippen molar-refractivity contribution in [3.63, 3.8) is 0 Å². The van der Waals surface area contributed by atoms with E-state index in [2.05, 4.69) is 23.5 Å². The highest BCUT2D eigenvalue weighted by molar-refractivity contribution is 5.31. The summed E-state index contributed by atoms with van der Waals surface area (Å²) >= 11 is 0. The number of hydrogen-bond acceptors (Lipinski definition) is 3. The average Bonchev–Trinajstić information content (AvgIpc) is 2.46. The number of halogens is 1. The van der Waals surface area contributed by atoms with Crippen LogP contribution in [0.5, 0.6) is 0 Å². The highest BCUT2D eigenvalue weighted by atomic mass is 19.1. The quantitative estimate of drug-likeness (QED) is 0.910. The van der Waals surface area contributed by atoms with E-state index >= 15 is 0 Å². The van der Waals surface area contributed by atoms with Crippen molar-refractivity contribution in [1.29, 1.82) is 0 Å². The zero-order chi connectivity index (χ0) is 13.1. The van der Waals surface area contributed by atoms with Crippen LogP contribution in [0.25, 0.3) is 0 Å². The summed E-state index contributed by atoms with van der Waals surface area (Å²) < 4.78 is 24.4. The third-order valence-electron chi connectivity index (χ3n) is 3.91. The average molecular weight is 265 g/mol. The summed E-state index contributed by atoms with van der Waals surface area (Å²) in [4.78, 5) is 0. The van der Waals surface area contributed by atoms with E-state index < -0.39 is 6.36 Å². The van der Waals surface area contributed by atoms with Crippen LogP contribution in [0.2, 0.25) is 0 Å². The van der Waals surface area contributed by atoms with Gasteiger partial charge in [0.05, 0.1) is 25.4 Å². The summed E-state index contributed by atoms with van der Waals surface area (Å²) in [5.74, 6) is 0. The lowest BCUT2D eigenvalue weighted by atomic mass is 9.97. The molecule has 3 nitrogen and oxygen atoms in total. The monoisotopic (exact) mass is 265 g/mol. The van der Waals surface area contributed by atoms with E-state index in [1.54, 1.807) is 0 Å². The number of alkyl halides is 1. The van der Waals surface area contributed by atoms with E-state index in [1.165, 1.54) is 11.1 Å². The zero-order valence-electron chi connectivity index (χ0n) is 11.0. The minimum atomic E-state index is -1.19. The molecule has 0 amide bonds. The fourth-order valence-corrected chi connectivity index (χ4v) is 2.85. The Hall–Kier alpha value is -0.970. The maximum atomic E-state index is 13.6. The Morgan fingerprint density at radius 3 is 3.00 bits per heavy atom. The third-order valence-corrected chi connectivity index (χ3v) is 3.91. The van der Waals surface area contributed by atoms with E-state index in [9.17, 15) is 4.39 Å². The van der Waals surface area contributed by atoms with E-state index in [0.717, 1.165) is 25.9 Å². The lowest BCUT2D eigenvalue weighted by Crippen LogP contribution is -2.44. The van der Waals surface area contributed by atoms with Crippen molar-refractivity contribution in [2.75, 3.05) is 19.8 Å². The Bertz CT molecular complexity index is 426. The molecule has 1 aromatic rings. The van der Waals surface area contributed by atoms with Crippen molar-refractivity contribution < 1.29 is 13.9 Å². The maximum absolute atomic E-state index is 13.6. The summed E-state index contributed by atoms with van der Waals surface area (Å²) in [6, 6.07) is 8.13. The van der Waals surface area contributed by atoms with Crippen LogP contribution in [0, 0.1) is 0 Å². The van der Waals surface area contributed by atoms with Gasteiger partial charge in [0.1, 0.15) is 0 Å². The Labute approximate surface area is 113 Å². The molecule has 0 saturated carbocycles. The van der Waals surface area contributed by atoms with Crippen LogP contribution < -0.4 is 5.32 Å². The van der Waals surface area contributed by atoms with Gasteiger partial charge < -0.3 is 14.8 Å². The maximum Gasteiger partial charge on any atom is 0.214 e. The predicted octanol–water partition coefficient (Wildman–Crippen LogP) is 2.36. The molecule has 1 aromatic carbocycles. The molecule has 19 heavy (non-hydrogen) atoms. The molecule has 0 aliphatic carbocycles. The van der Waals surface area contributed by atoms with Crippen molar-refractivity contribution >= 4 is 0 Å². The predicted molar refractivity (Wildman–Crippen MR) is 70.7 cm³/mol. The minimum absolute atomic E-state index is 0.0269. The lowest BCUT2D eigenvalue weighted by Gasteiger charge is -2.31. The molecular weight excluding hydrogens is 245 g/mol. The van der Waals surface area contributed by atoms with Gasteiger partial charge in [-0.05, 0) is 30.4 Å². The molecule has 0 radical (unpaired) electrons. The number of rotatable bonds is 3. The van der Waals surface area contributed by atoms with Crippen LogP contribution in [-0.2, 0) is 15.9 Å². The van der Waals surface area contributed by atoms with E-state index in [1.807, 2.05) is 6.07 Å². The smallest absolute Gasteiger partial charge is 0.214 e. The van der Waals surface area contributed by atoms with Crippen LogP contribution in [0.3, 0.4) is 0 Å². The van der Waals surface area contributed by atoms with Crippen LogP contribution in [0.4, 0.5) is 4.39 Å². The first-order valence-corrected chi connectivity index (χ1v) is 7.03. The topological polar surface area (TPSA) is 30.5 Å². The Kier molecular flexibility index (Phi) is 4.11. The molecule has 1 N–H and O–H groups in total. The van der Waals surface area contributed by atoms with Gasteiger partial charge in [0.25, 0.3) is 0 Å². The van der Waals surface area contributed by atoms with Gasteiger partial charge in [-0.3, -0.25) is 0 Å². The molecule has 2 aliphatic rings. The first kappa shape index (κ1) is 13.0. The van der Waals surface area contributed by atoms with Gasteiger partial charge in [0.15, 0.2) is 0 Å². The first-order valence-electron chi connectivity index (χ1n) is 7.03. The van der Waals surface area contributed by atoms with Crippen LogP contribution >= 0.6 is 0 Å².